The number of benzene rings is 1. The minimum Gasteiger partial charge on any atom is -0.493 e. The number of carbonyl (C=O) groups excluding carboxylic acids is 1. The molecule has 0 saturated carbocycles. The molecule has 1 aromatic carbocycles. The highest BCUT2D eigenvalue weighted by atomic mass is 16.5. The molecule has 0 spiro atoms. The molecular weight excluding hydrogens is 436 g/mol. The quantitative estimate of drug-likeness (QED) is 0.347. The van der Waals surface area contributed by atoms with Gasteiger partial charge in [-0.3, -0.25) is 4.79 Å². The summed E-state index contributed by atoms with van der Waals surface area (Å²) in [4.78, 5) is 12.2. The number of nitrogens with one attached hydrogen (secondary N) is 2. The van der Waals surface area contributed by atoms with Gasteiger partial charge in [0, 0.05) is 24.9 Å². The van der Waals surface area contributed by atoms with Crippen molar-refractivity contribution in [2.45, 2.75) is 20.8 Å². The molecule has 10 nitrogen and oxygen atoms in total. The molecule has 1 amide bonds. The van der Waals surface area contributed by atoms with Gasteiger partial charge in [-0.15, -0.1) is 10.2 Å². The summed E-state index contributed by atoms with van der Waals surface area (Å²) in [6.45, 7) is 6.92. The van der Waals surface area contributed by atoms with Crippen LogP contribution in [0.4, 0.5) is 5.82 Å². The molecule has 2 heterocycles. The fourth-order valence-corrected chi connectivity index (χ4v) is 3.28. The van der Waals surface area contributed by atoms with E-state index in [1.807, 2.05) is 32.9 Å². The van der Waals surface area contributed by atoms with Gasteiger partial charge in [0.15, 0.2) is 17.3 Å². The second-order valence-electron chi connectivity index (χ2n) is 7.49. The van der Waals surface area contributed by atoms with Gasteiger partial charge in [0.2, 0.25) is 11.7 Å². The monoisotopic (exact) mass is 466 g/mol. The van der Waals surface area contributed by atoms with Crippen LogP contribution in [-0.4, -0.2) is 60.3 Å². The Kier molecular flexibility index (Phi) is 8.07. The summed E-state index contributed by atoms with van der Waals surface area (Å²) in [6.07, 6.45) is 3.13. The SMILES string of the molecule is COc1cc(/C=C/C(=O)NCCNc2ccc(-n3nc(C)c(C)c3C)nn2)cc(OC)c1OC. The topological polar surface area (TPSA) is 112 Å². The zero-order chi connectivity index (χ0) is 24.7. The molecule has 3 rings (SSSR count). The molecule has 0 unspecified atom stereocenters. The highest BCUT2D eigenvalue weighted by Crippen LogP contribution is 2.38. The molecule has 0 radical (unpaired) electrons. The number of ether oxygens (including phenoxy) is 3. The largest absolute Gasteiger partial charge is 0.493 e. The van der Waals surface area contributed by atoms with Crippen LogP contribution in [0.2, 0.25) is 0 Å². The van der Waals surface area contributed by atoms with Gasteiger partial charge in [-0.1, -0.05) is 0 Å². The van der Waals surface area contributed by atoms with Crippen molar-refractivity contribution in [1.29, 1.82) is 0 Å². The predicted octanol–water partition coefficient (Wildman–Crippen LogP) is 2.85. The summed E-state index contributed by atoms with van der Waals surface area (Å²) in [6, 6.07) is 7.22. The summed E-state index contributed by atoms with van der Waals surface area (Å²) in [5.41, 5.74) is 3.89. The zero-order valence-corrected chi connectivity index (χ0v) is 20.3. The molecule has 0 atom stereocenters. The molecule has 34 heavy (non-hydrogen) atoms. The summed E-state index contributed by atoms with van der Waals surface area (Å²) < 4.78 is 17.7. The van der Waals surface area contributed by atoms with E-state index in [1.54, 1.807) is 44.2 Å². The van der Waals surface area contributed by atoms with E-state index in [1.165, 1.54) is 6.08 Å². The van der Waals surface area contributed by atoms with E-state index in [0.717, 1.165) is 22.5 Å². The van der Waals surface area contributed by atoms with Crippen molar-refractivity contribution in [1.82, 2.24) is 25.3 Å². The van der Waals surface area contributed by atoms with Crippen molar-refractivity contribution < 1.29 is 19.0 Å². The number of nitrogens with zero attached hydrogens (tertiary/aromatic N) is 4. The third kappa shape index (κ3) is 5.64. The van der Waals surface area contributed by atoms with Crippen LogP contribution in [0.15, 0.2) is 30.3 Å². The lowest BCUT2D eigenvalue weighted by atomic mass is 10.1. The van der Waals surface area contributed by atoms with Crippen molar-refractivity contribution >= 4 is 17.8 Å². The standard InChI is InChI=1S/C24H30N6O4/c1-15-16(2)29-30(17(15)3)22-9-8-21(27-28-22)25-11-12-26-23(31)10-7-18-13-19(32-4)24(34-6)20(14-18)33-5/h7-10,13-14H,11-12H2,1-6H3,(H,25,27)(H,26,31)/b10-7+. The Morgan fingerprint density at radius 3 is 2.24 bits per heavy atom. The fraction of sp³-hybridized carbons (Fsp3) is 0.333. The molecule has 2 N–H and O–H groups in total. The van der Waals surface area contributed by atoms with E-state index < -0.39 is 0 Å². The van der Waals surface area contributed by atoms with Crippen molar-refractivity contribution in [3.05, 3.63) is 52.9 Å². The first-order valence-electron chi connectivity index (χ1n) is 10.7. The van der Waals surface area contributed by atoms with E-state index in [9.17, 15) is 4.79 Å². The van der Waals surface area contributed by atoms with E-state index in [0.29, 0.717) is 42.0 Å². The van der Waals surface area contributed by atoms with Crippen LogP contribution in [-0.2, 0) is 4.79 Å². The van der Waals surface area contributed by atoms with Gasteiger partial charge < -0.3 is 24.8 Å². The van der Waals surface area contributed by atoms with Gasteiger partial charge in [-0.25, -0.2) is 4.68 Å². The lowest BCUT2D eigenvalue weighted by Crippen LogP contribution is -2.27. The maximum absolute atomic E-state index is 12.2. The Morgan fingerprint density at radius 1 is 1.00 bits per heavy atom. The van der Waals surface area contributed by atoms with E-state index in [2.05, 4.69) is 25.9 Å². The van der Waals surface area contributed by atoms with Crippen LogP contribution >= 0.6 is 0 Å². The number of hydrogen-bond acceptors (Lipinski definition) is 8. The first-order valence-corrected chi connectivity index (χ1v) is 10.7. The summed E-state index contributed by atoms with van der Waals surface area (Å²) in [5, 5.41) is 18.9. The molecule has 2 aromatic heterocycles. The number of hydrogen-bond donors (Lipinski definition) is 2. The first kappa shape index (κ1) is 24.6. The molecule has 0 fully saturated rings. The van der Waals surface area contributed by atoms with Gasteiger partial charge in [0.1, 0.15) is 5.82 Å². The van der Waals surface area contributed by atoms with Gasteiger partial charge >= 0.3 is 0 Å². The Hall–Kier alpha value is -4.08. The van der Waals surface area contributed by atoms with E-state index in [-0.39, 0.29) is 5.91 Å². The Balaban J connectivity index is 1.50. The molecule has 10 heteroatoms. The number of rotatable bonds is 10. The molecule has 0 aliphatic heterocycles. The second-order valence-corrected chi connectivity index (χ2v) is 7.49. The predicted molar refractivity (Wildman–Crippen MR) is 130 cm³/mol. The maximum atomic E-state index is 12.2. The molecule has 0 bridgehead atoms. The molecule has 0 aliphatic rings. The van der Waals surface area contributed by atoms with Crippen LogP contribution in [0, 0.1) is 20.8 Å². The average molecular weight is 467 g/mol. The number of carbonyl (C=O) groups is 1. The van der Waals surface area contributed by atoms with Crippen LogP contribution in [0.25, 0.3) is 11.9 Å². The normalized spacial score (nSPS) is 10.9. The molecule has 180 valence electrons. The molecule has 0 aliphatic carbocycles. The Bertz CT molecular complexity index is 1150. The molecule has 3 aromatic rings. The lowest BCUT2D eigenvalue weighted by molar-refractivity contribution is -0.116. The van der Waals surface area contributed by atoms with Crippen molar-refractivity contribution in [3.8, 4) is 23.1 Å². The lowest BCUT2D eigenvalue weighted by Gasteiger charge is -2.12. The van der Waals surface area contributed by atoms with Crippen LogP contribution in [0.1, 0.15) is 22.5 Å². The van der Waals surface area contributed by atoms with Gasteiger partial charge in [0.25, 0.3) is 0 Å². The Labute approximate surface area is 198 Å². The minimum absolute atomic E-state index is 0.225. The van der Waals surface area contributed by atoms with Gasteiger partial charge in [-0.05, 0) is 62.2 Å². The van der Waals surface area contributed by atoms with Gasteiger partial charge in [-0.2, -0.15) is 5.10 Å². The van der Waals surface area contributed by atoms with Crippen LogP contribution in [0.5, 0.6) is 17.2 Å². The fourth-order valence-electron chi connectivity index (χ4n) is 3.28. The molecule has 0 saturated heterocycles. The number of aromatic nitrogens is 4. The first-order chi connectivity index (χ1) is 16.4. The number of amides is 1. The molecular formula is C24H30N6O4. The average Bonchev–Trinajstić information content (AvgIpc) is 3.12. The van der Waals surface area contributed by atoms with Crippen LogP contribution in [0.3, 0.4) is 0 Å². The number of methoxy groups -OCH3 is 3. The minimum atomic E-state index is -0.225. The number of aryl methyl sites for hydroxylation is 1. The van der Waals surface area contributed by atoms with Gasteiger partial charge in [0.05, 0.1) is 27.0 Å². The smallest absolute Gasteiger partial charge is 0.244 e. The maximum Gasteiger partial charge on any atom is 0.244 e. The van der Waals surface area contributed by atoms with Crippen molar-refractivity contribution in [2.24, 2.45) is 0 Å². The van der Waals surface area contributed by atoms with Crippen molar-refractivity contribution in [2.75, 3.05) is 39.7 Å². The third-order valence-corrected chi connectivity index (χ3v) is 5.37. The highest BCUT2D eigenvalue weighted by molar-refractivity contribution is 5.91. The summed E-state index contributed by atoms with van der Waals surface area (Å²) in [5.74, 6) is 2.59. The van der Waals surface area contributed by atoms with Crippen LogP contribution < -0.4 is 24.8 Å². The van der Waals surface area contributed by atoms with E-state index in [4.69, 9.17) is 14.2 Å². The zero-order valence-electron chi connectivity index (χ0n) is 20.3. The van der Waals surface area contributed by atoms with E-state index >= 15 is 0 Å². The second kappa shape index (κ2) is 11.2. The summed E-state index contributed by atoms with van der Waals surface area (Å²) in [7, 11) is 4.63. The Morgan fingerprint density at radius 2 is 1.71 bits per heavy atom. The van der Waals surface area contributed by atoms with Crippen molar-refractivity contribution in [3.63, 3.8) is 0 Å². The third-order valence-electron chi connectivity index (χ3n) is 5.37. The summed E-state index contributed by atoms with van der Waals surface area (Å²) >= 11 is 0. The number of anilines is 1. The highest BCUT2D eigenvalue weighted by Gasteiger charge is 2.12.